The van der Waals surface area contributed by atoms with Gasteiger partial charge in [0, 0.05) is 9.35 Å². The van der Waals surface area contributed by atoms with Crippen molar-refractivity contribution < 1.29 is 14.3 Å². The molecule has 1 heterocycles. The molecule has 7 heteroatoms. The molecule has 0 fully saturated rings. The highest BCUT2D eigenvalue weighted by Gasteiger charge is 2.08. The fraction of sp³-hybridized carbons (Fsp3) is 0.200. The average Bonchev–Trinajstić information content (AvgIpc) is 3.05. The predicted octanol–water partition coefficient (Wildman–Crippen LogP) is 3.44. The lowest BCUT2D eigenvalue weighted by molar-refractivity contribution is -0.123. The lowest BCUT2D eigenvalue weighted by Gasteiger charge is -2.10. The summed E-state index contributed by atoms with van der Waals surface area (Å²) in [5.41, 5.74) is 3.22. The molecule has 22 heavy (non-hydrogen) atoms. The summed E-state index contributed by atoms with van der Waals surface area (Å²) in [7, 11) is 1.55. The molecule has 1 aromatic heterocycles. The number of methoxy groups -OCH3 is 1. The maximum atomic E-state index is 11.8. The Hall–Kier alpha value is -1.86. The van der Waals surface area contributed by atoms with Crippen molar-refractivity contribution in [3.05, 3.63) is 45.1 Å². The second-order valence-corrected chi connectivity index (χ2v) is 6.16. The van der Waals surface area contributed by atoms with Crippen molar-refractivity contribution in [1.82, 2.24) is 5.43 Å². The monoisotopic (exact) mass is 382 g/mol. The summed E-state index contributed by atoms with van der Waals surface area (Å²) < 4.78 is 11.5. The van der Waals surface area contributed by atoms with Crippen LogP contribution in [0.3, 0.4) is 0 Å². The van der Waals surface area contributed by atoms with Crippen molar-refractivity contribution in [3.63, 3.8) is 0 Å². The van der Waals surface area contributed by atoms with Gasteiger partial charge in [-0.25, -0.2) is 5.43 Å². The summed E-state index contributed by atoms with van der Waals surface area (Å²) in [4.78, 5) is 12.8. The topological polar surface area (TPSA) is 59.9 Å². The van der Waals surface area contributed by atoms with Gasteiger partial charge in [-0.3, -0.25) is 4.79 Å². The molecule has 0 radical (unpaired) electrons. The first-order chi connectivity index (χ1) is 10.6. The number of carbonyl (C=O) groups excluding carboxylic acids is 1. The minimum atomic E-state index is -0.333. The Labute approximate surface area is 141 Å². The molecule has 116 valence electrons. The van der Waals surface area contributed by atoms with Gasteiger partial charge in [0.05, 0.1) is 12.8 Å². The zero-order valence-electron chi connectivity index (χ0n) is 12.1. The van der Waals surface area contributed by atoms with Crippen LogP contribution in [0.15, 0.2) is 45.3 Å². The smallest absolute Gasteiger partial charge is 0.277 e. The van der Waals surface area contributed by atoms with Gasteiger partial charge in [-0.2, -0.15) is 5.10 Å². The van der Waals surface area contributed by atoms with Crippen LogP contribution in [0.25, 0.3) is 0 Å². The molecular formula is C15H15BrN2O3S. The molecule has 2 aromatic rings. The molecule has 2 rings (SSSR count). The minimum absolute atomic E-state index is 0.140. The van der Waals surface area contributed by atoms with Crippen LogP contribution >= 0.6 is 27.3 Å². The van der Waals surface area contributed by atoms with Crippen molar-refractivity contribution >= 4 is 38.9 Å². The van der Waals surface area contributed by atoms with E-state index in [4.69, 9.17) is 9.47 Å². The number of hydrazone groups is 1. The molecule has 0 atom stereocenters. The van der Waals surface area contributed by atoms with Gasteiger partial charge in [0.2, 0.25) is 0 Å². The van der Waals surface area contributed by atoms with Crippen LogP contribution in [0, 0.1) is 0 Å². The van der Waals surface area contributed by atoms with Crippen LogP contribution in [-0.4, -0.2) is 25.3 Å². The number of rotatable bonds is 6. The maximum absolute atomic E-state index is 11.8. The van der Waals surface area contributed by atoms with Crippen molar-refractivity contribution in [3.8, 4) is 11.5 Å². The Kier molecular flexibility index (Phi) is 5.97. The van der Waals surface area contributed by atoms with Gasteiger partial charge in [-0.1, -0.05) is 22.0 Å². The van der Waals surface area contributed by atoms with Crippen molar-refractivity contribution in [2.24, 2.45) is 5.10 Å². The van der Waals surface area contributed by atoms with E-state index in [1.807, 2.05) is 30.5 Å². The zero-order valence-corrected chi connectivity index (χ0v) is 14.5. The Morgan fingerprint density at radius 2 is 2.18 bits per heavy atom. The minimum Gasteiger partial charge on any atom is -0.493 e. The lowest BCUT2D eigenvalue weighted by Crippen LogP contribution is -2.25. The number of hydrogen-bond donors (Lipinski definition) is 1. The van der Waals surface area contributed by atoms with E-state index in [0.717, 1.165) is 15.1 Å². The molecule has 5 nitrogen and oxygen atoms in total. The summed E-state index contributed by atoms with van der Waals surface area (Å²) in [5.74, 6) is 0.723. The Bertz CT molecular complexity index is 671. The van der Waals surface area contributed by atoms with Gasteiger partial charge in [0.1, 0.15) is 0 Å². The number of ether oxygens (including phenoxy) is 2. The van der Waals surface area contributed by atoms with E-state index in [1.54, 1.807) is 30.6 Å². The summed E-state index contributed by atoms with van der Waals surface area (Å²) in [6.07, 6.45) is 0. The molecular weight excluding hydrogens is 368 g/mol. The second kappa shape index (κ2) is 7.95. The highest BCUT2D eigenvalue weighted by molar-refractivity contribution is 9.10. The standard InChI is InChI=1S/C15H15BrN2O3S/c1-10(14-4-3-7-22-14)17-18-15(19)9-21-12-6-5-11(16)8-13(12)20-2/h3-8H,9H2,1-2H3,(H,18,19). The third kappa shape index (κ3) is 4.57. The summed E-state index contributed by atoms with van der Waals surface area (Å²) >= 11 is 4.91. The van der Waals surface area contributed by atoms with E-state index >= 15 is 0 Å². The molecule has 0 aliphatic rings. The number of carbonyl (C=O) groups is 1. The van der Waals surface area contributed by atoms with Crippen molar-refractivity contribution in [1.29, 1.82) is 0 Å². The third-order valence-electron chi connectivity index (χ3n) is 2.71. The lowest BCUT2D eigenvalue weighted by atomic mass is 10.3. The van der Waals surface area contributed by atoms with E-state index in [9.17, 15) is 4.79 Å². The summed E-state index contributed by atoms with van der Waals surface area (Å²) in [6.45, 7) is 1.70. The van der Waals surface area contributed by atoms with Crippen LogP contribution < -0.4 is 14.9 Å². The number of thiophene rings is 1. The Morgan fingerprint density at radius 1 is 1.36 bits per heavy atom. The first-order valence-electron chi connectivity index (χ1n) is 6.43. The number of nitrogens with zero attached hydrogens (tertiary/aromatic N) is 1. The highest BCUT2D eigenvalue weighted by Crippen LogP contribution is 2.29. The van der Waals surface area contributed by atoms with E-state index in [1.165, 1.54) is 0 Å². The molecule has 0 saturated heterocycles. The summed E-state index contributed by atoms with van der Waals surface area (Å²) in [6, 6.07) is 9.19. The maximum Gasteiger partial charge on any atom is 0.277 e. The average molecular weight is 383 g/mol. The van der Waals surface area contributed by atoms with Gasteiger partial charge in [0.15, 0.2) is 18.1 Å². The fourth-order valence-electron chi connectivity index (χ4n) is 1.62. The van der Waals surface area contributed by atoms with Crippen LogP contribution in [0.1, 0.15) is 11.8 Å². The fourth-order valence-corrected chi connectivity index (χ4v) is 2.64. The predicted molar refractivity (Wildman–Crippen MR) is 90.9 cm³/mol. The Morgan fingerprint density at radius 3 is 2.86 bits per heavy atom. The second-order valence-electron chi connectivity index (χ2n) is 4.29. The van der Waals surface area contributed by atoms with E-state index in [-0.39, 0.29) is 12.5 Å². The molecule has 0 bridgehead atoms. The van der Waals surface area contributed by atoms with E-state index < -0.39 is 0 Å². The normalized spacial score (nSPS) is 11.1. The third-order valence-corrected chi connectivity index (χ3v) is 4.18. The number of halogens is 1. The van der Waals surface area contributed by atoms with E-state index in [2.05, 4.69) is 26.5 Å². The van der Waals surface area contributed by atoms with Gasteiger partial charge in [-0.15, -0.1) is 11.3 Å². The van der Waals surface area contributed by atoms with Crippen LogP contribution in [-0.2, 0) is 4.79 Å². The number of hydrogen-bond acceptors (Lipinski definition) is 5. The summed E-state index contributed by atoms with van der Waals surface area (Å²) in [5, 5.41) is 6.00. The van der Waals surface area contributed by atoms with E-state index in [0.29, 0.717) is 11.5 Å². The Balaban J connectivity index is 1.89. The number of nitrogens with one attached hydrogen (secondary N) is 1. The molecule has 0 saturated carbocycles. The quantitative estimate of drug-likeness (QED) is 0.614. The number of amides is 1. The van der Waals surface area contributed by atoms with Crippen LogP contribution in [0.4, 0.5) is 0 Å². The van der Waals surface area contributed by atoms with Gasteiger partial charge >= 0.3 is 0 Å². The molecule has 1 aromatic carbocycles. The largest absolute Gasteiger partial charge is 0.493 e. The van der Waals surface area contributed by atoms with Crippen molar-refractivity contribution in [2.45, 2.75) is 6.92 Å². The molecule has 0 aliphatic carbocycles. The number of benzene rings is 1. The SMILES string of the molecule is COc1cc(Br)ccc1OCC(=O)NN=C(C)c1cccs1. The van der Waals surface area contributed by atoms with Crippen molar-refractivity contribution in [2.75, 3.05) is 13.7 Å². The van der Waals surface area contributed by atoms with Gasteiger partial charge in [-0.05, 0) is 36.6 Å². The van der Waals surface area contributed by atoms with Gasteiger partial charge < -0.3 is 9.47 Å². The van der Waals surface area contributed by atoms with Crippen LogP contribution in [0.2, 0.25) is 0 Å². The zero-order chi connectivity index (χ0) is 15.9. The molecule has 0 spiro atoms. The molecule has 0 unspecified atom stereocenters. The molecule has 1 amide bonds. The molecule has 1 N–H and O–H groups in total. The van der Waals surface area contributed by atoms with Crippen LogP contribution in [0.5, 0.6) is 11.5 Å². The first kappa shape index (κ1) is 16.5. The molecule has 0 aliphatic heterocycles. The first-order valence-corrected chi connectivity index (χ1v) is 8.10. The highest BCUT2D eigenvalue weighted by atomic mass is 79.9. The van der Waals surface area contributed by atoms with Gasteiger partial charge in [0.25, 0.3) is 5.91 Å².